The fourth-order valence-corrected chi connectivity index (χ4v) is 2.31. The lowest BCUT2D eigenvalue weighted by molar-refractivity contribution is 0.0152. The summed E-state index contributed by atoms with van der Waals surface area (Å²) in [6.45, 7) is 1.68. The molecule has 0 aliphatic carbocycles. The third-order valence-corrected chi connectivity index (χ3v) is 3.22. The highest BCUT2D eigenvalue weighted by molar-refractivity contribution is 5.82. The number of ether oxygens (including phenoxy) is 1. The number of nitrogens with two attached hydrogens (primary N) is 1. The molecular formula is C15H19F2NO2. The van der Waals surface area contributed by atoms with Crippen LogP contribution >= 0.6 is 0 Å². The van der Waals surface area contributed by atoms with Crippen molar-refractivity contribution in [3.05, 3.63) is 35.6 Å². The molecule has 0 bridgehead atoms. The van der Waals surface area contributed by atoms with Gasteiger partial charge in [-0.05, 0) is 12.5 Å². The van der Waals surface area contributed by atoms with Crippen LogP contribution in [0.3, 0.4) is 0 Å². The number of halogens is 2. The van der Waals surface area contributed by atoms with Crippen LogP contribution in [-0.2, 0) is 11.2 Å². The normalized spacial score (nSPS) is 13.2. The van der Waals surface area contributed by atoms with Crippen molar-refractivity contribution in [2.45, 2.75) is 32.2 Å². The second-order valence-electron chi connectivity index (χ2n) is 4.65. The van der Waals surface area contributed by atoms with Crippen molar-refractivity contribution in [3.63, 3.8) is 0 Å². The van der Waals surface area contributed by atoms with Gasteiger partial charge in [-0.25, -0.2) is 8.78 Å². The number of aryl methyl sites for hydroxylation is 1. The Morgan fingerprint density at radius 3 is 2.75 bits per heavy atom. The van der Waals surface area contributed by atoms with E-state index < -0.39 is 13.0 Å². The predicted molar refractivity (Wildman–Crippen MR) is 74.0 cm³/mol. The summed E-state index contributed by atoms with van der Waals surface area (Å²) in [4.78, 5) is 0. The van der Waals surface area contributed by atoms with Gasteiger partial charge in [0.2, 0.25) is 0 Å². The van der Waals surface area contributed by atoms with Gasteiger partial charge in [-0.15, -0.1) is 0 Å². The first-order chi connectivity index (χ1) is 9.63. The molecule has 0 saturated heterocycles. The van der Waals surface area contributed by atoms with E-state index >= 15 is 0 Å². The number of benzene rings is 1. The Kier molecular flexibility index (Phi) is 5.09. The molecule has 3 nitrogen and oxygen atoms in total. The second-order valence-corrected chi connectivity index (χ2v) is 4.65. The molecule has 0 fully saturated rings. The van der Waals surface area contributed by atoms with Crippen molar-refractivity contribution >= 4 is 11.0 Å². The van der Waals surface area contributed by atoms with Gasteiger partial charge in [0.1, 0.15) is 18.0 Å². The van der Waals surface area contributed by atoms with E-state index in [1.807, 2.05) is 31.2 Å². The zero-order chi connectivity index (χ0) is 14.5. The number of fused-ring (bicyclic) bond motifs is 1. The lowest BCUT2D eigenvalue weighted by Crippen LogP contribution is -2.15. The number of alkyl halides is 2. The van der Waals surface area contributed by atoms with Gasteiger partial charge in [-0.2, -0.15) is 0 Å². The first-order valence-electron chi connectivity index (χ1n) is 6.75. The quantitative estimate of drug-likeness (QED) is 0.789. The average Bonchev–Trinajstić information content (AvgIpc) is 2.81. The Bertz CT molecular complexity index is 554. The van der Waals surface area contributed by atoms with Gasteiger partial charge >= 0.3 is 0 Å². The first kappa shape index (κ1) is 14.9. The van der Waals surface area contributed by atoms with E-state index in [0.29, 0.717) is 6.42 Å². The molecule has 0 amide bonds. The Hall–Kier alpha value is -1.46. The Labute approximate surface area is 116 Å². The van der Waals surface area contributed by atoms with E-state index in [0.717, 1.165) is 28.7 Å². The van der Waals surface area contributed by atoms with Crippen LogP contribution in [0.25, 0.3) is 11.0 Å². The highest BCUT2D eigenvalue weighted by atomic mass is 19.3. The highest BCUT2D eigenvalue weighted by Gasteiger charge is 2.18. The molecule has 1 heterocycles. The lowest BCUT2D eigenvalue weighted by atomic mass is 10.00. The number of para-hydroxylation sites is 1. The van der Waals surface area contributed by atoms with Crippen LogP contribution in [-0.4, -0.2) is 19.6 Å². The number of rotatable bonds is 7. The van der Waals surface area contributed by atoms with Crippen LogP contribution in [0.5, 0.6) is 0 Å². The van der Waals surface area contributed by atoms with E-state index in [1.165, 1.54) is 0 Å². The largest absolute Gasteiger partial charge is 0.461 e. The molecule has 0 radical (unpaired) electrons. The van der Waals surface area contributed by atoms with Crippen molar-refractivity contribution in [2.75, 3.05) is 13.2 Å². The molecule has 110 valence electrons. The fourth-order valence-electron chi connectivity index (χ4n) is 2.31. The lowest BCUT2D eigenvalue weighted by Gasteiger charge is -2.12. The van der Waals surface area contributed by atoms with Crippen molar-refractivity contribution in [2.24, 2.45) is 5.73 Å². The minimum Gasteiger partial charge on any atom is -0.461 e. The minimum absolute atomic E-state index is 0.216. The number of furan rings is 1. The van der Waals surface area contributed by atoms with Gasteiger partial charge in [0.15, 0.2) is 0 Å². The van der Waals surface area contributed by atoms with Crippen LogP contribution in [0.4, 0.5) is 8.78 Å². The van der Waals surface area contributed by atoms with Crippen molar-refractivity contribution in [1.29, 1.82) is 0 Å². The summed E-state index contributed by atoms with van der Waals surface area (Å²) in [6, 6.07) is 7.43. The summed E-state index contributed by atoms with van der Waals surface area (Å²) in [5.41, 5.74) is 7.94. The van der Waals surface area contributed by atoms with Crippen LogP contribution in [0.15, 0.2) is 28.7 Å². The van der Waals surface area contributed by atoms with Crippen molar-refractivity contribution in [3.8, 4) is 0 Å². The smallest absolute Gasteiger partial charge is 0.261 e. The first-order valence-corrected chi connectivity index (χ1v) is 6.75. The van der Waals surface area contributed by atoms with Crippen molar-refractivity contribution in [1.82, 2.24) is 0 Å². The van der Waals surface area contributed by atoms with Gasteiger partial charge < -0.3 is 14.9 Å². The average molecular weight is 283 g/mol. The summed E-state index contributed by atoms with van der Waals surface area (Å²) >= 11 is 0. The van der Waals surface area contributed by atoms with Gasteiger partial charge in [0, 0.05) is 30.0 Å². The van der Waals surface area contributed by atoms with E-state index in [4.69, 9.17) is 14.9 Å². The van der Waals surface area contributed by atoms with E-state index in [1.54, 1.807) is 0 Å². The molecule has 0 aliphatic heterocycles. The Morgan fingerprint density at radius 1 is 1.30 bits per heavy atom. The van der Waals surface area contributed by atoms with E-state index in [-0.39, 0.29) is 12.6 Å². The number of hydrogen-bond donors (Lipinski definition) is 1. The highest BCUT2D eigenvalue weighted by Crippen LogP contribution is 2.31. The van der Waals surface area contributed by atoms with Gasteiger partial charge in [0.25, 0.3) is 6.43 Å². The third-order valence-electron chi connectivity index (χ3n) is 3.22. The topological polar surface area (TPSA) is 48.4 Å². The molecule has 2 N–H and O–H groups in total. The van der Waals surface area contributed by atoms with Crippen LogP contribution < -0.4 is 5.73 Å². The summed E-state index contributed by atoms with van der Waals surface area (Å²) in [7, 11) is 0. The summed E-state index contributed by atoms with van der Waals surface area (Å²) in [5, 5.41) is 0.991. The molecule has 2 aromatic rings. The summed E-state index contributed by atoms with van der Waals surface area (Å²) in [5.74, 6) is 0.854. The molecular weight excluding hydrogens is 264 g/mol. The molecule has 1 unspecified atom stereocenters. The predicted octanol–water partition coefficient (Wildman–Crippen LogP) is 3.67. The standard InChI is InChI=1S/C15H19F2NO2/c1-2-12-15(10-5-3-4-6-13(10)20-12)11(18)7-8-19-9-14(16)17/h3-6,11,14H,2,7-9,18H2,1H3. The van der Waals surface area contributed by atoms with E-state index in [2.05, 4.69) is 0 Å². The SMILES string of the molecule is CCc1oc2ccccc2c1C(N)CCOCC(F)F. The fraction of sp³-hybridized carbons (Fsp3) is 0.467. The van der Waals surface area contributed by atoms with Crippen LogP contribution in [0.2, 0.25) is 0 Å². The summed E-state index contributed by atoms with van der Waals surface area (Å²) < 4.78 is 34.6. The maximum atomic E-state index is 12.0. The van der Waals surface area contributed by atoms with Gasteiger partial charge in [-0.3, -0.25) is 0 Å². The molecule has 5 heteroatoms. The molecule has 0 aliphatic rings. The van der Waals surface area contributed by atoms with Crippen LogP contribution in [0.1, 0.15) is 30.7 Å². The Balaban J connectivity index is 2.10. The van der Waals surface area contributed by atoms with Crippen molar-refractivity contribution < 1.29 is 17.9 Å². The molecule has 0 spiro atoms. The van der Waals surface area contributed by atoms with Crippen LogP contribution in [0, 0.1) is 0 Å². The third kappa shape index (κ3) is 3.35. The molecule has 1 aromatic carbocycles. The minimum atomic E-state index is -2.44. The molecule has 1 atom stereocenters. The Morgan fingerprint density at radius 2 is 2.05 bits per heavy atom. The van der Waals surface area contributed by atoms with Gasteiger partial charge in [0.05, 0.1) is 0 Å². The zero-order valence-electron chi connectivity index (χ0n) is 11.4. The molecule has 20 heavy (non-hydrogen) atoms. The maximum absolute atomic E-state index is 12.0. The zero-order valence-corrected chi connectivity index (χ0v) is 11.4. The van der Waals surface area contributed by atoms with E-state index in [9.17, 15) is 8.78 Å². The molecule has 2 rings (SSSR count). The molecule has 1 aromatic heterocycles. The monoisotopic (exact) mass is 283 g/mol. The maximum Gasteiger partial charge on any atom is 0.261 e. The summed E-state index contributed by atoms with van der Waals surface area (Å²) in [6.07, 6.45) is -1.20. The second kappa shape index (κ2) is 6.81. The number of hydrogen-bond acceptors (Lipinski definition) is 3. The van der Waals surface area contributed by atoms with Gasteiger partial charge in [-0.1, -0.05) is 25.1 Å². The molecule has 0 saturated carbocycles.